The van der Waals surface area contributed by atoms with E-state index in [0.29, 0.717) is 10.2 Å². The molecule has 98 valence electrons. The summed E-state index contributed by atoms with van der Waals surface area (Å²) in [6.45, 7) is 1.89. The fourth-order valence-electron chi connectivity index (χ4n) is 1.59. The SMILES string of the molecule is Cc1ccc(Br)cc1NC(=O)c1cc(F)ccc1Br. The van der Waals surface area contributed by atoms with Gasteiger partial charge in [-0.2, -0.15) is 0 Å². The Bertz CT molecular complexity index is 643. The molecule has 0 radical (unpaired) electrons. The molecule has 0 bridgehead atoms. The summed E-state index contributed by atoms with van der Waals surface area (Å²) < 4.78 is 14.6. The number of carbonyl (C=O) groups excluding carboxylic acids is 1. The average molecular weight is 387 g/mol. The van der Waals surface area contributed by atoms with Gasteiger partial charge < -0.3 is 5.32 Å². The number of carbonyl (C=O) groups is 1. The molecule has 0 aromatic heterocycles. The van der Waals surface area contributed by atoms with Crippen LogP contribution in [0.15, 0.2) is 45.3 Å². The molecular weight excluding hydrogens is 377 g/mol. The highest BCUT2D eigenvalue weighted by Crippen LogP contribution is 2.23. The maximum absolute atomic E-state index is 13.2. The van der Waals surface area contributed by atoms with Gasteiger partial charge in [0.2, 0.25) is 0 Å². The minimum absolute atomic E-state index is 0.263. The van der Waals surface area contributed by atoms with Crippen LogP contribution in [0.4, 0.5) is 10.1 Å². The number of aryl methyl sites for hydroxylation is 1. The number of hydrogen-bond donors (Lipinski definition) is 1. The van der Waals surface area contributed by atoms with Crippen LogP contribution in [0.1, 0.15) is 15.9 Å². The van der Waals surface area contributed by atoms with Crippen molar-refractivity contribution in [2.24, 2.45) is 0 Å². The minimum Gasteiger partial charge on any atom is -0.322 e. The van der Waals surface area contributed by atoms with E-state index < -0.39 is 5.82 Å². The van der Waals surface area contributed by atoms with Crippen LogP contribution in [-0.4, -0.2) is 5.91 Å². The van der Waals surface area contributed by atoms with Crippen LogP contribution in [0.5, 0.6) is 0 Å². The number of amides is 1. The molecule has 2 aromatic carbocycles. The van der Waals surface area contributed by atoms with E-state index in [1.807, 2.05) is 19.1 Å². The zero-order valence-corrected chi connectivity index (χ0v) is 13.2. The number of nitrogens with one attached hydrogen (secondary N) is 1. The Morgan fingerprint density at radius 2 is 1.89 bits per heavy atom. The smallest absolute Gasteiger partial charge is 0.256 e. The zero-order chi connectivity index (χ0) is 14.0. The van der Waals surface area contributed by atoms with E-state index in [0.717, 1.165) is 10.0 Å². The number of anilines is 1. The fraction of sp³-hybridized carbons (Fsp3) is 0.0714. The first-order valence-electron chi connectivity index (χ1n) is 5.50. The van der Waals surface area contributed by atoms with Crippen LogP contribution < -0.4 is 5.32 Å². The molecule has 0 saturated heterocycles. The van der Waals surface area contributed by atoms with E-state index in [1.165, 1.54) is 18.2 Å². The number of halogens is 3. The maximum Gasteiger partial charge on any atom is 0.256 e. The zero-order valence-electron chi connectivity index (χ0n) is 10.0. The first kappa shape index (κ1) is 14.2. The Morgan fingerprint density at radius 1 is 1.16 bits per heavy atom. The second-order valence-electron chi connectivity index (χ2n) is 4.04. The summed E-state index contributed by atoms with van der Waals surface area (Å²) in [6, 6.07) is 9.60. The van der Waals surface area contributed by atoms with Crippen LogP contribution in [0, 0.1) is 12.7 Å². The predicted molar refractivity (Wildman–Crippen MR) is 80.9 cm³/mol. The summed E-state index contributed by atoms with van der Waals surface area (Å²) in [4.78, 5) is 12.1. The normalized spacial score (nSPS) is 10.3. The third-order valence-corrected chi connectivity index (χ3v) is 3.81. The molecule has 1 N–H and O–H groups in total. The van der Waals surface area contributed by atoms with Crippen molar-refractivity contribution in [1.29, 1.82) is 0 Å². The summed E-state index contributed by atoms with van der Waals surface area (Å²) in [7, 11) is 0. The van der Waals surface area contributed by atoms with Crippen LogP contribution in [0.3, 0.4) is 0 Å². The summed E-state index contributed by atoms with van der Waals surface area (Å²) >= 11 is 6.59. The van der Waals surface area contributed by atoms with Crippen molar-refractivity contribution in [2.75, 3.05) is 5.32 Å². The van der Waals surface area contributed by atoms with Gasteiger partial charge in [0, 0.05) is 14.6 Å². The molecule has 2 rings (SSSR count). The van der Waals surface area contributed by atoms with E-state index >= 15 is 0 Å². The number of benzene rings is 2. The van der Waals surface area contributed by atoms with Gasteiger partial charge in [0.25, 0.3) is 5.91 Å². The van der Waals surface area contributed by atoms with E-state index in [4.69, 9.17) is 0 Å². The minimum atomic E-state index is -0.445. The van der Waals surface area contributed by atoms with Crippen LogP contribution in [-0.2, 0) is 0 Å². The topological polar surface area (TPSA) is 29.1 Å². The molecule has 19 heavy (non-hydrogen) atoms. The molecule has 1 amide bonds. The van der Waals surface area contributed by atoms with Gasteiger partial charge in [-0.15, -0.1) is 0 Å². The van der Waals surface area contributed by atoms with Gasteiger partial charge in [-0.1, -0.05) is 22.0 Å². The van der Waals surface area contributed by atoms with Gasteiger partial charge in [0.15, 0.2) is 0 Å². The lowest BCUT2D eigenvalue weighted by Gasteiger charge is -2.10. The molecule has 2 nitrogen and oxygen atoms in total. The Kier molecular flexibility index (Phi) is 4.37. The highest BCUT2D eigenvalue weighted by Gasteiger charge is 2.12. The lowest BCUT2D eigenvalue weighted by molar-refractivity contribution is 0.102. The third kappa shape index (κ3) is 3.42. The van der Waals surface area contributed by atoms with Crippen molar-refractivity contribution in [3.63, 3.8) is 0 Å². The van der Waals surface area contributed by atoms with Crippen LogP contribution in [0.2, 0.25) is 0 Å². The van der Waals surface area contributed by atoms with Gasteiger partial charge in [-0.05, 0) is 58.7 Å². The molecule has 0 heterocycles. The number of hydrogen-bond acceptors (Lipinski definition) is 1. The van der Waals surface area contributed by atoms with E-state index in [-0.39, 0.29) is 11.5 Å². The van der Waals surface area contributed by atoms with Crippen molar-refractivity contribution in [3.05, 3.63) is 62.3 Å². The highest BCUT2D eigenvalue weighted by atomic mass is 79.9. The first-order valence-corrected chi connectivity index (χ1v) is 7.08. The molecule has 0 saturated carbocycles. The van der Waals surface area contributed by atoms with Crippen molar-refractivity contribution in [1.82, 2.24) is 0 Å². The van der Waals surface area contributed by atoms with E-state index in [1.54, 1.807) is 6.07 Å². The molecule has 0 aliphatic rings. The molecular formula is C14H10Br2FNO. The van der Waals surface area contributed by atoms with E-state index in [9.17, 15) is 9.18 Å². The molecule has 0 aliphatic carbocycles. The molecule has 2 aromatic rings. The van der Waals surface area contributed by atoms with Crippen molar-refractivity contribution >= 4 is 43.5 Å². The van der Waals surface area contributed by atoms with Crippen LogP contribution >= 0.6 is 31.9 Å². The van der Waals surface area contributed by atoms with Gasteiger partial charge in [-0.25, -0.2) is 4.39 Å². The lowest BCUT2D eigenvalue weighted by Crippen LogP contribution is -2.13. The summed E-state index contributed by atoms with van der Waals surface area (Å²) in [5.74, 6) is -0.799. The Morgan fingerprint density at radius 3 is 2.63 bits per heavy atom. The first-order chi connectivity index (χ1) is 8.97. The Balaban J connectivity index is 2.30. The molecule has 0 aliphatic heterocycles. The second kappa shape index (κ2) is 5.84. The van der Waals surface area contributed by atoms with Gasteiger partial charge in [0.1, 0.15) is 5.82 Å². The predicted octanol–water partition coefficient (Wildman–Crippen LogP) is 4.91. The van der Waals surface area contributed by atoms with Gasteiger partial charge in [0.05, 0.1) is 5.56 Å². The molecule has 5 heteroatoms. The summed E-state index contributed by atoms with van der Waals surface area (Å²) in [5, 5.41) is 2.77. The second-order valence-corrected chi connectivity index (χ2v) is 5.81. The molecule has 0 unspecified atom stereocenters. The largest absolute Gasteiger partial charge is 0.322 e. The lowest BCUT2D eigenvalue weighted by atomic mass is 10.1. The van der Waals surface area contributed by atoms with Crippen LogP contribution in [0.25, 0.3) is 0 Å². The van der Waals surface area contributed by atoms with E-state index in [2.05, 4.69) is 37.2 Å². The fourth-order valence-corrected chi connectivity index (χ4v) is 2.38. The Hall–Kier alpha value is -1.20. The summed E-state index contributed by atoms with van der Waals surface area (Å²) in [6.07, 6.45) is 0. The van der Waals surface area contributed by atoms with Gasteiger partial charge in [-0.3, -0.25) is 4.79 Å². The van der Waals surface area contributed by atoms with Crippen molar-refractivity contribution in [3.8, 4) is 0 Å². The van der Waals surface area contributed by atoms with Gasteiger partial charge >= 0.3 is 0 Å². The quantitative estimate of drug-likeness (QED) is 0.780. The molecule has 0 atom stereocenters. The molecule has 0 spiro atoms. The average Bonchev–Trinajstić information content (AvgIpc) is 2.36. The maximum atomic E-state index is 13.2. The highest BCUT2D eigenvalue weighted by molar-refractivity contribution is 9.10. The Labute approximate surface area is 127 Å². The number of rotatable bonds is 2. The van der Waals surface area contributed by atoms with Crippen molar-refractivity contribution < 1.29 is 9.18 Å². The molecule has 0 fully saturated rings. The third-order valence-electron chi connectivity index (χ3n) is 2.62. The standard InChI is InChI=1S/C14H10Br2FNO/c1-8-2-3-9(15)6-13(8)18-14(19)11-7-10(17)4-5-12(11)16/h2-7H,1H3,(H,18,19). The monoisotopic (exact) mass is 385 g/mol. The van der Waals surface area contributed by atoms with Crippen molar-refractivity contribution in [2.45, 2.75) is 6.92 Å². The summed E-state index contributed by atoms with van der Waals surface area (Å²) in [5.41, 5.74) is 1.89.